The van der Waals surface area contributed by atoms with Gasteiger partial charge in [0.2, 0.25) is 5.91 Å². The molecule has 0 saturated carbocycles. The van der Waals surface area contributed by atoms with Crippen LogP contribution in [0.3, 0.4) is 0 Å². The highest BCUT2D eigenvalue weighted by Gasteiger charge is 2.34. The van der Waals surface area contributed by atoms with E-state index in [1.165, 1.54) is 5.56 Å². The van der Waals surface area contributed by atoms with Gasteiger partial charge in [-0.3, -0.25) is 9.48 Å². The predicted octanol–water partition coefficient (Wildman–Crippen LogP) is 2.42. The number of aryl methyl sites for hydroxylation is 1. The lowest BCUT2D eigenvalue weighted by molar-refractivity contribution is -0.145. The number of aromatic nitrogens is 2. The van der Waals surface area contributed by atoms with Crippen LogP contribution in [0, 0.1) is 5.92 Å². The molecule has 0 aromatic carbocycles. The second kappa shape index (κ2) is 6.82. The first-order valence-electron chi connectivity index (χ1n) is 8.61. The number of ether oxygens (including phenoxy) is 1. The lowest BCUT2D eigenvalue weighted by Crippen LogP contribution is -2.45. The van der Waals surface area contributed by atoms with Gasteiger partial charge in [0.25, 0.3) is 0 Å². The quantitative estimate of drug-likeness (QED) is 0.861. The van der Waals surface area contributed by atoms with Gasteiger partial charge in [-0.2, -0.15) is 5.10 Å². The van der Waals surface area contributed by atoms with E-state index in [9.17, 15) is 4.79 Å². The molecule has 1 aromatic rings. The zero-order chi connectivity index (χ0) is 15.5. The molecular formula is C17H27N3O2. The van der Waals surface area contributed by atoms with E-state index in [0.717, 1.165) is 51.9 Å². The number of nitrogens with zero attached hydrogens (tertiary/aromatic N) is 3. The molecule has 22 heavy (non-hydrogen) atoms. The maximum absolute atomic E-state index is 12.7. The van der Waals surface area contributed by atoms with Crippen LogP contribution < -0.4 is 0 Å². The Labute approximate surface area is 132 Å². The summed E-state index contributed by atoms with van der Waals surface area (Å²) in [5.41, 5.74) is 1.32. The second-order valence-electron chi connectivity index (χ2n) is 6.55. The Bertz CT molecular complexity index is 506. The van der Waals surface area contributed by atoms with Gasteiger partial charge in [-0.15, -0.1) is 0 Å². The monoisotopic (exact) mass is 305 g/mol. The Morgan fingerprint density at radius 1 is 1.36 bits per heavy atom. The lowest BCUT2D eigenvalue weighted by Gasteiger charge is -2.37. The molecule has 1 amide bonds. The molecule has 5 heteroatoms. The number of carbonyl (C=O) groups is 1. The van der Waals surface area contributed by atoms with Crippen LogP contribution in [0.1, 0.15) is 51.0 Å². The zero-order valence-electron chi connectivity index (χ0n) is 13.7. The van der Waals surface area contributed by atoms with Crippen LogP contribution >= 0.6 is 0 Å². The summed E-state index contributed by atoms with van der Waals surface area (Å²) in [5, 5.41) is 4.37. The summed E-state index contributed by atoms with van der Waals surface area (Å²) in [5.74, 6) is 0.910. The summed E-state index contributed by atoms with van der Waals surface area (Å²) in [7, 11) is 0. The van der Waals surface area contributed by atoms with Gasteiger partial charge in [-0.25, -0.2) is 0 Å². The van der Waals surface area contributed by atoms with Crippen molar-refractivity contribution in [2.45, 2.75) is 58.1 Å². The van der Waals surface area contributed by atoms with Crippen LogP contribution in [0.25, 0.3) is 0 Å². The van der Waals surface area contributed by atoms with Gasteiger partial charge in [-0.05, 0) is 51.0 Å². The summed E-state index contributed by atoms with van der Waals surface area (Å²) in [6.07, 6.45) is 8.28. The van der Waals surface area contributed by atoms with Crippen molar-refractivity contribution in [3.05, 3.63) is 18.0 Å². The third kappa shape index (κ3) is 3.19. The summed E-state index contributed by atoms with van der Waals surface area (Å²) in [6.45, 7) is 7.58. The minimum Gasteiger partial charge on any atom is -0.378 e. The minimum absolute atomic E-state index is 0.0631. The molecule has 122 valence electrons. The highest BCUT2D eigenvalue weighted by molar-refractivity contribution is 5.79. The van der Waals surface area contributed by atoms with Crippen LogP contribution in [0.5, 0.6) is 0 Å². The first-order valence-corrected chi connectivity index (χ1v) is 8.61. The molecule has 2 aliphatic rings. The van der Waals surface area contributed by atoms with Gasteiger partial charge >= 0.3 is 0 Å². The van der Waals surface area contributed by atoms with Crippen LogP contribution in [0.15, 0.2) is 12.4 Å². The largest absolute Gasteiger partial charge is 0.378 e. The van der Waals surface area contributed by atoms with Crippen molar-refractivity contribution >= 4 is 5.91 Å². The van der Waals surface area contributed by atoms with Crippen molar-refractivity contribution in [1.29, 1.82) is 0 Å². The maximum atomic E-state index is 12.7. The molecular weight excluding hydrogens is 278 g/mol. The summed E-state index contributed by atoms with van der Waals surface area (Å²) in [6, 6.07) is 0. The molecule has 1 aromatic heterocycles. The molecule has 2 aliphatic heterocycles. The van der Waals surface area contributed by atoms with E-state index in [2.05, 4.69) is 23.1 Å². The SMILES string of the molecule is CCn1cc(C2CCN(C(=O)[C@H]3CCCO[C@@H]3C)CC2)cn1. The smallest absolute Gasteiger partial charge is 0.228 e. The molecule has 0 aliphatic carbocycles. The number of hydrogen-bond donors (Lipinski definition) is 0. The molecule has 3 heterocycles. The number of likely N-dealkylation sites (tertiary alicyclic amines) is 1. The normalized spacial score (nSPS) is 27.1. The van der Waals surface area contributed by atoms with Gasteiger partial charge in [-0.1, -0.05) is 0 Å². The van der Waals surface area contributed by atoms with Gasteiger partial charge < -0.3 is 9.64 Å². The summed E-state index contributed by atoms with van der Waals surface area (Å²) < 4.78 is 7.63. The molecule has 0 unspecified atom stereocenters. The highest BCUT2D eigenvalue weighted by atomic mass is 16.5. The van der Waals surface area contributed by atoms with Crippen LogP contribution in [0.4, 0.5) is 0 Å². The number of hydrogen-bond acceptors (Lipinski definition) is 3. The third-order valence-electron chi connectivity index (χ3n) is 5.18. The Morgan fingerprint density at radius 2 is 2.14 bits per heavy atom. The molecule has 0 spiro atoms. The van der Waals surface area contributed by atoms with Gasteiger partial charge in [0.1, 0.15) is 0 Å². The predicted molar refractivity (Wildman–Crippen MR) is 84.6 cm³/mol. The van der Waals surface area contributed by atoms with Crippen molar-refractivity contribution < 1.29 is 9.53 Å². The molecule has 5 nitrogen and oxygen atoms in total. The first kappa shape index (κ1) is 15.5. The topological polar surface area (TPSA) is 47.4 Å². The molecule has 0 bridgehead atoms. The average Bonchev–Trinajstić information content (AvgIpc) is 3.04. The Balaban J connectivity index is 1.55. The van der Waals surface area contributed by atoms with E-state index < -0.39 is 0 Å². The average molecular weight is 305 g/mol. The third-order valence-corrected chi connectivity index (χ3v) is 5.18. The highest BCUT2D eigenvalue weighted by Crippen LogP contribution is 2.30. The van der Waals surface area contributed by atoms with Gasteiger partial charge in [0.05, 0.1) is 18.2 Å². The van der Waals surface area contributed by atoms with Crippen LogP contribution in [0.2, 0.25) is 0 Å². The van der Waals surface area contributed by atoms with Crippen LogP contribution in [-0.2, 0) is 16.1 Å². The summed E-state index contributed by atoms with van der Waals surface area (Å²) >= 11 is 0. The number of rotatable bonds is 3. The van der Waals surface area contributed by atoms with Crippen molar-refractivity contribution in [2.75, 3.05) is 19.7 Å². The minimum atomic E-state index is 0.0631. The fourth-order valence-corrected chi connectivity index (χ4v) is 3.68. The maximum Gasteiger partial charge on any atom is 0.228 e. The molecule has 2 saturated heterocycles. The molecule has 0 N–H and O–H groups in total. The molecule has 3 rings (SSSR count). The van der Waals surface area contributed by atoms with E-state index in [1.807, 2.05) is 17.8 Å². The van der Waals surface area contributed by atoms with Crippen molar-refractivity contribution in [1.82, 2.24) is 14.7 Å². The fourth-order valence-electron chi connectivity index (χ4n) is 3.68. The van der Waals surface area contributed by atoms with Crippen LogP contribution in [-0.4, -0.2) is 46.4 Å². The standard InChI is InChI=1S/C17H27N3O2/c1-3-20-12-15(11-18-20)14-6-8-19(9-7-14)17(21)16-5-4-10-22-13(16)2/h11-14,16H,3-10H2,1-2H3/t13-,16+/m1/s1. The van der Waals surface area contributed by atoms with Crippen molar-refractivity contribution in [2.24, 2.45) is 5.92 Å². The van der Waals surface area contributed by atoms with Gasteiger partial charge in [0, 0.05) is 32.4 Å². The fraction of sp³-hybridized carbons (Fsp3) is 0.765. The molecule has 2 atom stereocenters. The summed E-state index contributed by atoms with van der Waals surface area (Å²) in [4.78, 5) is 14.7. The Hall–Kier alpha value is -1.36. The number of amides is 1. The van der Waals surface area contributed by atoms with E-state index >= 15 is 0 Å². The van der Waals surface area contributed by atoms with E-state index in [1.54, 1.807) is 0 Å². The Kier molecular flexibility index (Phi) is 4.81. The Morgan fingerprint density at radius 3 is 2.77 bits per heavy atom. The zero-order valence-corrected chi connectivity index (χ0v) is 13.7. The van der Waals surface area contributed by atoms with E-state index in [4.69, 9.17) is 4.74 Å². The van der Waals surface area contributed by atoms with Crippen molar-refractivity contribution in [3.8, 4) is 0 Å². The van der Waals surface area contributed by atoms with Gasteiger partial charge in [0.15, 0.2) is 0 Å². The first-order chi connectivity index (χ1) is 10.7. The number of piperidine rings is 1. The molecule has 0 radical (unpaired) electrons. The second-order valence-corrected chi connectivity index (χ2v) is 6.55. The lowest BCUT2D eigenvalue weighted by atomic mass is 9.89. The number of carbonyl (C=O) groups excluding carboxylic acids is 1. The molecule has 2 fully saturated rings. The van der Waals surface area contributed by atoms with E-state index in [-0.39, 0.29) is 12.0 Å². The van der Waals surface area contributed by atoms with E-state index in [0.29, 0.717) is 11.8 Å². The van der Waals surface area contributed by atoms with Crippen molar-refractivity contribution in [3.63, 3.8) is 0 Å².